The Morgan fingerprint density at radius 1 is 1.25 bits per heavy atom. The van der Waals surface area contributed by atoms with Gasteiger partial charge in [-0.1, -0.05) is 53.5 Å². The van der Waals surface area contributed by atoms with E-state index in [0.717, 1.165) is 5.56 Å². The molecule has 2 rings (SSSR count). The van der Waals surface area contributed by atoms with Crippen molar-refractivity contribution in [2.45, 2.75) is 13.0 Å². The van der Waals surface area contributed by atoms with Crippen LogP contribution in [0.4, 0.5) is 0 Å². The number of ether oxygens (including phenoxy) is 1. The monoisotopic (exact) mass is 418 g/mol. The number of carbonyl (C=O) groups excluding carboxylic acids is 1. The van der Waals surface area contributed by atoms with Gasteiger partial charge in [0.1, 0.15) is 11.6 Å². The molecule has 1 atom stereocenters. The van der Waals surface area contributed by atoms with Crippen LogP contribution in [-0.2, 0) is 9.59 Å². The molecular weight excluding hydrogens is 403 g/mol. The highest BCUT2D eigenvalue weighted by Gasteiger charge is 2.15. The lowest BCUT2D eigenvalue weighted by atomic mass is 10.1. The summed E-state index contributed by atoms with van der Waals surface area (Å²) < 4.78 is 5.04. The van der Waals surface area contributed by atoms with E-state index in [1.807, 2.05) is 43.3 Å². The summed E-state index contributed by atoms with van der Waals surface area (Å²) >= 11 is 12.1. The van der Waals surface area contributed by atoms with Gasteiger partial charge in [-0.3, -0.25) is 4.79 Å². The Bertz CT molecular complexity index is 929. The Kier molecular flexibility index (Phi) is 7.44. The molecule has 0 aliphatic carbocycles. The van der Waals surface area contributed by atoms with Crippen LogP contribution in [0.5, 0.6) is 5.75 Å². The van der Waals surface area contributed by atoms with E-state index in [1.165, 1.54) is 18.2 Å². The SMILES string of the molecule is C[C@H](NC(=O)/C(C#N)=C\c1cc(Cl)c(OCC(=O)O)c(Cl)c1)c1ccccc1. The number of aliphatic carboxylic acids is 1. The number of benzene rings is 2. The number of carboxylic acids is 1. The van der Waals surface area contributed by atoms with E-state index in [1.54, 1.807) is 0 Å². The summed E-state index contributed by atoms with van der Waals surface area (Å²) in [5, 5.41) is 20.9. The van der Waals surface area contributed by atoms with Crippen molar-refractivity contribution < 1.29 is 19.4 Å². The van der Waals surface area contributed by atoms with Crippen molar-refractivity contribution in [3.63, 3.8) is 0 Å². The van der Waals surface area contributed by atoms with Crippen LogP contribution in [0, 0.1) is 11.3 Å². The van der Waals surface area contributed by atoms with Crippen LogP contribution < -0.4 is 10.1 Å². The molecule has 144 valence electrons. The first-order valence-electron chi connectivity index (χ1n) is 8.13. The fourth-order valence-electron chi connectivity index (χ4n) is 2.35. The molecule has 0 aliphatic rings. The molecule has 8 heteroatoms. The quantitative estimate of drug-likeness (QED) is 0.517. The van der Waals surface area contributed by atoms with Gasteiger partial charge in [0.05, 0.1) is 16.1 Å². The minimum Gasteiger partial charge on any atom is -0.479 e. The zero-order chi connectivity index (χ0) is 20.7. The van der Waals surface area contributed by atoms with Gasteiger partial charge in [0.15, 0.2) is 12.4 Å². The summed E-state index contributed by atoms with van der Waals surface area (Å²) in [7, 11) is 0. The number of halogens is 2. The average Bonchev–Trinajstić information content (AvgIpc) is 2.65. The summed E-state index contributed by atoms with van der Waals surface area (Å²) in [5.41, 5.74) is 1.17. The van der Waals surface area contributed by atoms with Crippen molar-refractivity contribution in [3.05, 3.63) is 69.2 Å². The largest absolute Gasteiger partial charge is 0.479 e. The highest BCUT2D eigenvalue weighted by atomic mass is 35.5. The van der Waals surface area contributed by atoms with Gasteiger partial charge in [-0.25, -0.2) is 4.79 Å². The fraction of sp³-hybridized carbons (Fsp3) is 0.150. The number of hydrogen-bond donors (Lipinski definition) is 2. The highest BCUT2D eigenvalue weighted by Crippen LogP contribution is 2.34. The molecule has 6 nitrogen and oxygen atoms in total. The lowest BCUT2D eigenvalue weighted by molar-refractivity contribution is -0.139. The molecule has 0 saturated carbocycles. The summed E-state index contributed by atoms with van der Waals surface area (Å²) in [6, 6.07) is 13.7. The molecule has 0 radical (unpaired) electrons. The summed E-state index contributed by atoms with van der Waals surface area (Å²) in [4.78, 5) is 23.0. The lowest BCUT2D eigenvalue weighted by Crippen LogP contribution is -2.27. The minimum atomic E-state index is -1.17. The molecule has 2 N–H and O–H groups in total. The molecule has 2 aromatic rings. The van der Waals surface area contributed by atoms with Crippen molar-refractivity contribution in [1.29, 1.82) is 5.26 Å². The molecule has 0 unspecified atom stereocenters. The molecule has 0 spiro atoms. The van der Waals surface area contributed by atoms with E-state index >= 15 is 0 Å². The van der Waals surface area contributed by atoms with Crippen LogP contribution >= 0.6 is 23.2 Å². The van der Waals surface area contributed by atoms with E-state index in [4.69, 9.17) is 33.0 Å². The smallest absolute Gasteiger partial charge is 0.341 e. The van der Waals surface area contributed by atoms with Crippen LogP contribution in [0.1, 0.15) is 24.1 Å². The second-order valence-corrected chi connectivity index (χ2v) is 6.59. The fourth-order valence-corrected chi connectivity index (χ4v) is 2.96. The van der Waals surface area contributed by atoms with Crippen LogP contribution in [-0.4, -0.2) is 23.6 Å². The zero-order valence-electron chi connectivity index (χ0n) is 14.8. The maximum absolute atomic E-state index is 12.4. The maximum atomic E-state index is 12.4. The third kappa shape index (κ3) is 5.74. The van der Waals surface area contributed by atoms with Crippen LogP contribution in [0.3, 0.4) is 0 Å². The van der Waals surface area contributed by atoms with Gasteiger partial charge >= 0.3 is 5.97 Å². The van der Waals surface area contributed by atoms with Crippen molar-refractivity contribution in [3.8, 4) is 11.8 Å². The average molecular weight is 419 g/mol. The second kappa shape index (κ2) is 9.79. The summed E-state index contributed by atoms with van der Waals surface area (Å²) in [6.07, 6.45) is 1.34. The number of nitriles is 1. The zero-order valence-corrected chi connectivity index (χ0v) is 16.3. The molecule has 28 heavy (non-hydrogen) atoms. The molecule has 2 aromatic carbocycles. The van der Waals surface area contributed by atoms with Crippen LogP contribution in [0.25, 0.3) is 6.08 Å². The van der Waals surface area contributed by atoms with Gasteiger partial charge in [0, 0.05) is 0 Å². The van der Waals surface area contributed by atoms with Gasteiger partial charge in [0.25, 0.3) is 5.91 Å². The van der Waals surface area contributed by atoms with Crippen molar-refractivity contribution in [2.75, 3.05) is 6.61 Å². The molecule has 1 amide bonds. The predicted octanol–water partition coefficient (Wildman–Crippen LogP) is 4.24. The Morgan fingerprint density at radius 3 is 2.39 bits per heavy atom. The van der Waals surface area contributed by atoms with E-state index in [-0.39, 0.29) is 27.4 Å². The number of carboxylic acid groups (broad SMARTS) is 1. The summed E-state index contributed by atoms with van der Waals surface area (Å²) in [6.45, 7) is 1.21. The van der Waals surface area contributed by atoms with Crippen LogP contribution in [0.15, 0.2) is 48.0 Å². The molecule has 0 heterocycles. The van der Waals surface area contributed by atoms with Crippen molar-refractivity contribution in [1.82, 2.24) is 5.32 Å². The lowest BCUT2D eigenvalue weighted by Gasteiger charge is -2.14. The van der Waals surface area contributed by atoms with Gasteiger partial charge < -0.3 is 15.2 Å². The van der Waals surface area contributed by atoms with Gasteiger partial charge in [-0.2, -0.15) is 5.26 Å². The Hall–Kier alpha value is -3.01. The van der Waals surface area contributed by atoms with Gasteiger partial charge in [-0.15, -0.1) is 0 Å². The standard InChI is InChI=1S/C20H16Cl2N2O4/c1-12(14-5-3-2-4-6-14)24-20(27)15(10-23)7-13-8-16(21)19(17(22)9-13)28-11-18(25)26/h2-9,12H,11H2,1H3,(H,24,27)(H,25,26)/b15-7-/t12-/m0/s1. The Balaban J connectivity index is 2.20. The Labute approximate surface area is 171 Å². The number of rotatable bonds is 7. The van der Waals surface area contributed by atoms with E-state index in [0.29, 0.717) is 5.56 Å². The first kappa shape index (κ1) is 21.3. The Morgan fingerprint density at radius 2 is 1.86 bits per heavy atom. The second-order valence-electron chi connectivity index (χ2n) is 5.77. The summed E-state index contributed by atoms with van der Waals surface area (Å²) in [5.74, 6) is -1.70. The van der Waals surface area contributed by atoms with E-state index < -0.39 is 18.5 Å². The van der Waals surface area contributed by atoms with Gasteiger partial charge in [-0.05, 0) is 36.3 Å². The van der Waals surface area contributed by atoms with Crippen LogP contribution in [0.2, 0.25) is 10.0 Å². The topological polar surface area (TPSA) is 99.4 Å². The van der Waals surface area contributed by atoms with E-state index in [9.17, 15) is 14.9 Å². The minimum absolute atomic E-state index is 0.0172. The number of nitrogens with zero attached hydrogens (tertiary/aromatic N) is 1. The first-order chi connectivity index (χ1) is 13.3. The molecular formula is C20H16Cl2N2O4. The van der Waals surface area contributed by atoms with E-state index in [2.05, 4.69) is 5.32 Å². The molecule has 0 fully saturated rings. The normalized spacial score (nSPS) is 12.0. The predicted molar refractivity (Wildman–Crippen MR) is 106 cm³/mol. The van der Waals surface area contributed by atoms with Crippen molar-refractivity contribution >= 4 is 41.2 Å². The molecule has 0 saturated heterocycles. The molecule has 0 aliphatic heterocycles. The maximum Gasteiger partial charge on any atom is 0.341 e. The third-order valence-corrected chi connectivity index (χ3v) is 4.25. The first-order valence-corrected chi connectivity index (χ1v) is 8.88. The third-order valence-electron chi connectivity index (χ3n) is 3.68. The number of hydrogen-bond acceptors (Lipinski definition) is 4. The van der Waals surface area contributed by atoms with Crippen molar-refractivity contribution in [2.24, 2.45) is 0 Å². The highest BCUT2D eigenvalue weighted by molar-refractivity contribution is 6.37. The number of nitrogens with one attached hydrogen (secondary N) is 1. The number of amides is 1. The number of carbonyl (C=O) groups is 2. The molecule has 0 bridgehead atoms. The molecule has 0 aromatic heterocycles. The van der Waals surface area contributed by atoms with Gasteiger partial charge in [0.2, 0.25) is 0 Å².